The molecule has 1 rings (SSSR count). The molecular weight excluding hydrogens is 270 g/mol. The largest absolute Gasteiger partial charge is 0.394 e. The van der Waals surface area contributed by atoms with E-state index in [4.69, 9.17) is 10.2 Å². The van der Waals surface area contributed by atoms with Crippen LogP contribution in [-0.4, -0.2) is 56.5 Å². The molecule has 0 aromatic heterocycles. The SMILES string of the molecule is O=[N+]([O-])c1ccccc1NN=C[C@H](O)[C@@H](O)[C@@H](O)CO. The molecule has 1 aromatic rings. The molecule has 1 aromatic carbocycles. The fourth-order valence-electron chi connectivity index (χ4n) is 1.33. The molecule has 0 spiro atoms. The van der Waals surface area contributed by atoms with Crippen LogP contribution in [0, 0.1) is 10.1 Å². The maximum absolute atomic E-state index is 10.7. The van der Waals surface area contributed by atoms with E-state index < -0.39 is 29.8 Å². The number of hydrogen-bond acceptors (Lipinski definition) is 8. The zero-order valence-electron chi connectivity index (χ0n) is 10.3. The Morgan fingerprint density at radius 1 is 1.35 bits per heavy atom. The van der Waals surface area contributed by atoms with E-state index >= 15 is 0 Å². The number of benzene rings is 1. The standard InChI is InChI=1S/C11H15N3O6/c15-6-10(17)11(18)9(16)5-12-13-7-3-1-2-4-8(7)14(19)20/h1-5,9-11,13,15-18H,6H2/t9-,10-,11+/m0/s1. The Hall–Kier alpha value is -2.07. The van der Waals surface area contributed by atoms with Crippen molar-refractivity contribution >= 4 is 17.6 Å². The summed E-state index contributed by atoms with van der Waals surface area (Å²) in [6, 6.07) is 5.74. The van der Waals surface area contributed by atoms with Crippen LogP contribution < -0.4 is 5.43 Å². The monoisotopic (exact) mass is 285 g/mol. The molecule has 5 N–H and O–H groups in total. The zero-order chi connectivity index (χ0) is 15.1. The number of nitro groups is 1. The van der Waals surface area contributed by atoms with E-state index in [2.05, 4.69) is 10.5 Å². The lowest BCUT2D eigenvalue weighted by Gasteiger charge is -2.18. The summed E-state index contributed by atoms with van der Waals surface area (Å²) in [5.41, 5.74) is 2.26. The van der Waals surface area contributed by atoms with Crippen molar-refractivity contribution in [3.05, 3.63) is 34.4 Å². The number of nitrogens with zero attached hydrogens (tertiary/aromatic N) is 2. The lowest BCUT2D eigenvalue weighted by molar-refractivity contribution is -0.384. The number of anilines is 1. The van der Waals surface area contributed by atoms with E-state index in [1.54, 1.807) is 6.07 Å². The third kappa shape index (κ3) is 4.24. The highest BCUT2D eigenvalue weighted by Crippen LogP contribution is 2.22. The normalized spacial score (nSPS) is 15.8. The molecule has 0 radical (unpaired) electrons. The van der Waals surface area contributed by atoms with Gasteiger partial charge in [-0.25, -0.2) is 0 Å². The quantitative estimate of drug-likeness (QED) is 0.247. The van der Waals surface area contributed by atoms with Gasteiger partial charge in [0.15, 0.2) is 0 Å². The second-order valence-corrected chi connectivity index (χ2v) is 3.90. The molecule has 9 nitrogen and oxygen atoms in total. The first-order valence-electron chi connectivity index (χ1n) is 5.65. The van der Waals surface area contributed by atoms with Gasteiger partial charge in [0, 0.05) is 6.07 Å². The maximum Gasteiger partial charge on any atom is 0.294 e. The molecule has 9 heteroatoms. The first kappa shape index (κ1) is 16.0. The fraction of sp³-hybridized carbons (Fsp3) is 0.364. The van der Waals surface area contributed by atoms with Crippen LogP contribution in [0.25, 0.3) is 0 Å². The number of aliphatic hydroxyl groups excluding tert-OH is 4. The van der Waals surface area contributed by atoms with Gasteiger partial charge in [-0.15, -0.1) is 0 Å². The van der Waals surface area contributed by atoms with Gasteiger partial charge in [0.2, 0.25) is 0 Å². The van der Waals surface area contributed by atoms with E-state index in [0.29, 0.717) is 0 Å². The molecule has 0 amide bonds. The summed E-state index contributed by atoms with van der Waals surface area (Å²) in [5, 5.41) is 50.7. The number of para-hydroxylation sites is 2. The van der Waals surface area contributed by atoms with E-state index in [1.165, 1.54) is 18.2 Å². The lowest BCUT2D eigenvalue weighted by Crippen LogP contribution is -2.40. The Kier molecular flexibility index (Phi) is 6.00. The van der Waals surface area contributed by atoms with Gasteiger partial charge in [-0.1, -0.05) is 12.1 Å². The molecule has 0 unspecified atom stereocenters. The Balaban J connectivity index is 2.67. The summed E-state index contributed by atoms with van der Waals surface area (Å²) in [5.74, 6) is 0. The smallest absolute Gasteiger partial charge is 0.294 e. The summed E-state index contributed by atoms with van der Waals surface area (Å²) >= 11 is 0. The molecule has 0 aliphatic rings. The topological polar surface area (TPSA) is 148 Å². The molecule has 0 fully saturated rings. The highest BCUT2D eigenvalue weighted by Gasteiger charge is 2.22. The van der Waals surface area contributed by atoms with Crippen LogP contribution in [0.2, 0.25) is 0 Å². The Bertz CT molecular complexity index is 481. The summed E-state index contributed by atoms with van der Waals surface area (Å²) in [6.07, 6.45) is -3.80. The predicted octanol–water partition coefficient (Wildman–Crippen LogP) is -0.933. The number of nitro benzene ring substituents is 1. The molecule has 110 valence electrons. The Labute approximate surface area is 114 Å². The van der Waals surface area contributed by atoms with Gasteiger partial charge in [0.1, 0.15) is 24.0 Å². The average Bonchev–Trinajstić information content (AvgIpc) is 2.45. The second kappa shape index (κ2) is 7.50. The van der Waals surface area contributed by atoms with Crippen LogP contribution in [0.5, 0.6) is 0 Å². The van der Waals surface area contributed by atoms with Crippen molar-refractivity contribution in [1.29, 1.82) is 0 Å². The molecule has 0 bridgehead atoms. The van der Waals surface area contributed by atoms with E-state index in [9.17, 15) is 20.3 Å². The van der Waals surface area contributed by atoms with Crippen LogP contribution in [0.3, 0.4) is 0 Å². The fourth-order valence-corrected chi connectivity index (χ4v) is 1.33. The van der Waals surface area contributed by atoms with Crippen molar-refractivity contribution in [2.24, 2.45) is 5.10 Å². The van der Waals surface area contributed by atoms with Gasteiger partial charge in [-0.05, 0) is 6.07 Å². The number of aliphatic hydroxyl groups is 4. The summed E-state index contributed by atoms with van der Waals surface area (Å²) in [7, 11) is 0. The minimum absolute atomic E-state index is 0.109. The van der Waals surface area contributed by atoms with Crippen LogP contribution >= 0.6 is 0 Å². The van der Waals surface area contributed by atoms with E-state index in [1.807, 2.05) is 0 Å². The number of hydrazone groups is 1. The van der Waals surface area contributed by atoms with Crippen molar-refractivity contribution in [2.75, 3.05) is 12.0 Å². The van der Waals surface area contributed by atoms with E-state index in [-0.39, 0.29) is 11.4 Å². The van der Waals surface area contributed by atoms with Crippen LogP contribution in [-0.2, 0) is 0 Å². The molecular formula is C11H15N3O6. The summed E-state index contributed by atoms with van der Waals surface area (Å²) < 4.78 is 0. The van der Waals surface area contributed by atoms with Gasteiger partial charge >= 0.3 is 0 Å². The Morgan fingerprint density at radius 3 is 2.60 bits per heavy atom. The van der Waals surface area contributed by atoms with Crippen molar-refractivity contribution < 1.29 is 25.3 Å². The third-order valence-corrected chi connectivity index (χ3v) is 2.44. The number of rotatable bonds is 7. The van der Waals surface area contributed by atoms with Crippen LogP contribution in [0.1, 0.15) is 0 Å². The number of nitrogens with one attached hydrogen (secondary N) is 1. The minimum Gasteiger partial charge on any atom is -0.394 e. The zero-order valence-corrected chi connectivity index (χ0v) is 10.3. The first-order valence-corrected chi connectivity index (χ1v) is 5.65. The average molecular weight is 285 g/mol. The minimum atomic E-state index is -1.61. The molecule has 0 saturated heterocycles. The van der Waals surface area contributed by atoms with Crippen molar-refractivity contribution in [2.45, 2.75) is 18.3 Å². The van der Waals surface area contributed by atoms with Crippen molar-refractivity contribution in [3.8, 4) is 0 Å². The summed E-state index contributed by atoms with van der Waals surface area (Å²) in [6.45, 7) is -0.719. The number of hydrogen-bond donors (Lipinski definition) is 5. The Morgan fingerprint density at radius 2 is 2.00 bits per heavy atom. The van der Waals surface area contributed by atoms with Gasteiger partial charge in [-0.2, -0.15) is 5.10 Å². The van der Waals surface area contributed by atoms with Gasteiger partial charge < -0.3 is 20.4 Å². The van der Waals surface area contributed by atoms with E-state index in [0.717, 1.165) is 6.21 Å². The molecule has 0 saturated carbocycles. The first-order chi connectivity index (χ1) is 9.47. The summed E-state index contributed by atoms with van der Waals surface area (Å²) in [4.78, 5) is 10.1. The van der Waals surface area contributed by atoms with Crippen LogP contribution in [0.4, 0.5) is 11.4 Å². The molecule has 20 heavy (non-hydrogen) atoms. The predicted molar refractivity (Wildman–Crippen MR) is 70.3 cm³/mol. The maximum atomic E-state index is 10.7. The van der Waals surface area contributed by atoms with Gasteiger partial charge in [-0.3, -0.25) is 15.5 Å². The molecule has 3 atom stereocenters. The van der Waals surface area contributed by atoms with Crippen molar-refractivity contribution in [3.63, 3.8) is 0 Å². The molecule has 0 heterocycles. The molecule has 0 aliphatic heterocycles. The van der Waals surface area contributed by atoms with Crippen molar-refractivity contribution in [1.82, 2.24) is 0 Å². The second-order valence-electron chi connectivity index (χ2n) is 3.90. The van der Waals surface area contributed by atoms with Gasteiger partial charge in [0.25, 0.3) is 5.69 Å². The highest BCUT2D eigenvalue weighted by molar-refractivity contribution is 5.67. The lowest BCUT2D eigenvalue weighted by atomic mass is 10.1. The third-order valence-electron chi connectivity index (χ3n) is 2.44. The van der Waals surface area contributed by atoms with Gasteiger partial charge in [0.05, 0.1) is 17.7 Å². The molecule has 0 aliphatic carbocycles. The highest BCUT2D eigenvalue weighted by atomic mass is 16.6. The van der Waals surface area contributed by atoms with Crippen LogP contribution in [0.15, 0.2) is 29.4 Å².